The lowest BCUT2D eigenvalue weighted by atomic mass is 10.1. The zero-order chi connectivity index (χ0) is 19.5. The first-order chi connectivity index (χ1) is 13.6. The lowest BCUT2D eigenvalue weighted by Crippen LogP contribution is -3.14. The smallest absolute Gasteiger partial charge is 0.294 e. The Bertz CT molecular complexity index is 882. The molecular formula is C21H23ClN3O2S+. The van der Waals surface area contributed by atoms with Gasteiger partial charge in [-0.05, 0) is 42.3 Å². The van der Waals surface area contributed by atoms with Crippen LogP contribution >= 0.6 is 23.4 Å². The number of halogens is 1. The van der Waals surface area contributed by atoms with Gasteiger partial charge in [0.15, 0.2) is 0 Å². The second-order valence-corrected chi connectivity index (χ2v) is 8.78. The minimum Gasteiger partial charge on any atom is -0.352 e. The average molecular weight is 417 g/mol. The Morgan fingerprint density at radius 1 is 1.18 bits per heavy atom. The highest BCUT2D eigenvalue weighted by Crippen LogP contribution is 2.34. The summed E-state index contributed by atoms with van der Waals surface area (Å²) >= 11 is 7.50. The molecule has 0 aliphatic carbocycles. The molecule has 2 heterocycles. The molecule has 0 spiro atoms. The zero-order valence-corrected chi connectivity index (χ0v) is 17.0. The van der Waals surface area contributed by atoms with E-state index < -0.39 is 0 Å². The molecule has 3 N–H and O–H groups in total. The van der Waals surface area contributed by atoms with Crippen LogP contribution in [0.15, 0.2) is 47.4 Å². The number of likely N-dealkylation sites (tertiary alicyclic amines) is 1. The lowest BCUT2D eigenvalue weighted by Gasteiger charge is -2.28. The molecule has 2 aromatic rings. The number of quaternary nitrogens is 1. The largest absolute Gasteiger partial charge is 0.352 e. The molecule has 2 aliphatic heterocycles. The fraction of sp³-hybridized carbons (Fsp3) is 0.333. The Hall–Kier alpha value is -2.02. The molecule has 4 rings (SSSR count). The predicted molar refractivity (Wildman–Crippen MR) is 112 cm³/mol. The molecule has 0 aromatic heterocycles. The van der Waals surface area contributed by atoms with E-state index in [0.717, 1.165) is 35.7 Å². The van der Waals surface area contributed by atoms with Crippen molar-refractivity contribution in [1.29, 1.82) is 0 Å². The van der Waals surface area contributed by atoms with Crippen molar-refractivity contribution in [3.63, 3.8) is 0 Å². The molecule has 0 radical (unpaired) electrons. The molecule has 1 saturated heterocycles. The van der Waals surface area contributed by atoms with Crippen molar-refractivity contribution in [2.45, 2.75) is 29.5 Å². The molecule has 2 aromatic carbocycles. The van der Waals surface area contributed by atoms with Crippen molar-refractivity contribution in [2.24, 2.45) is 0 Å². The summed E-state index contributed by atoms with van der Waals surface area (Å²) in [5.74, 6) is -0.0991. The van der Waals surface area contributed by atoms with Gasteiger partial charge in [-0.3, -0.25) is 9.59 Å². The topological polar surface area (TPSA) is 62.6 Å². The fourth-order valence-corrected chi connectivity index (χ4v) is 5.02. The number of nitrogens with one attached hydrogen (secondary N) is 3. The van der Waals surface area contributed by atoms with E-state index in [0.29, 0.717) is 17.1 Å². The number of fused-ring (bicyclic) bond motifs is 1. The van der Waals surface area contributed by atoms with Crippen molar-refractivity contribution >= 4 is 40.9 Å². The quantitative estimate of drug-likeness (QED) is 0.701. The van der Waals surface area contributed by atoms with E-state index >= 15 is 0 Å². The van der Waals surface area contributed by atoms with Crippen molar-refractivity contribution in [3.05, 3.63) is 58.6 Å². The van der Waals surface area contributed by atoms with Crippen LogP contribution in [0.4, 0.5) is 5.69 Å². The highest BCUT2D eigenvalue weighted by atomic mass is 35.5. The molecular weight excluding hydrogens is 394 g/mol. The normalized spacial score (nSPS) is 19.2. The number of carbonyl (C=O) groups is 2. The second-order valence-electron chi connectivity index (χ2n) is 7.20. The van der Waals surface area contributed by atoms with Gasteiger partial charge in [0.25, 0.3) is 11.8 Å². The molecule has 1 fully saturated rings. The summed E-state index contributed by atoms with van der Waals surface area (Å²) in [5.41, 5.74) is 2.41. The lowest BCUT2D eigenvalue weighted by molar-refractivity contribution is -0.888. The summed E-state index contributed by atoms with van der Waals surface area (Å²) in [6.07, 6.45) is 3.10. The zero-order valence-electron chi connectivity index (χ0n) is 15.5. The third-order valence-corrected chi connectivity index (χ3v) is 6.86. The van der Waals surface area contributed by atoms with Gasteiger partial charge in [0, 0.05) is 34.9 Å². The van der Waals surface area contributed by atoms with Gasteiger partial charge in [-0.15, -0.1) is 0 Å². The average Bonchev–Trinajstić information content (AvgIpc) is 3.23. The summed E-state index contributed by atoms with van der Waals surface area (Å²) in [6, 6.07) is 13.2. The fourth-order valence-electron chi connectivity index (χ4n) is 3.68. The van der Waals surface area contributed by atoms with Gasteiger partial charge in [-0.25, -0.2) is 0 Å². The summed E-state index contributed by atoms with van der Waals surface area (Å²) in [4.78, 5) is 27.4. The first-order valence-electron chi connectivity index (χ1n) is 9.59. The third-order valence-electron chi connectivity index (χ3n) is 5.21. The van der Waals surface area contributed by atoms with E-state index in [-0.39, 0.29) is 17.2 Å². The van der Waals surface area contributed by atoms with Gasteiger partial charge in [0.1, 0.15) is 0 Å². The number of benzene rings is 2. The van der Waals surface area contributed by atoms with E-state index in [2.05, 4.69) is 10.6 Å². The van der Waals surface area contributed by atoms with Crippen molar-refractivity contribution < 1.29 is 14.5 Å². The number of amides is 2. The minimum atomic E-state index is -0.136. The molecule has 28 heavy (non-hydrogen) atoms. The molecule has 146 valence electrons. The van der Waals surface area contributed by atoms with Gasteiger partial charge in [0.05, 0.1) is 18.8 Å². The van der Waals surface area contributed by atoms with Gasteiger partial charge < -0.3 is 15.5 Å². The van der Waals surface area contributed by atoms with Gasteiger partial charge in [0.2, 0.25) is 5.37 Å². The highest BCUT2D eigenvalue weighted by Gasteiger charge is 2.37. The van der Waals surface area contributed by atoms with Crippen LogP contribution in [-0.2, 0) is 11.2 Å². The van der Waals surface area contributed by atoms with Gasteiger partial charge >= 0.3 is 0 Å². The van der Waals surface area contributed by atoms with Crippen LogP contribution in [0.25, 0.3) is 0 Å². The monoisotopic (exact) mass is 416 g/mol. The molecule has 2 aliphatic rings. The summed E-state index contributed by atoms with van der Waals surface area (Å²) < 4.78 is 0. The Balaban J connectivity index is 1.37. The molecule has 7 heteroatoms. The number of hydrogen-bond acceptors (Lipinski definition) is 3. The first-order valence-corrected chi connectivity index (χ1v) is 10.8. The number of hydrogen-bond donors (Lipinski definition) is 3. The highest BCUT2D eigenvalue weighted by molar-refractivity contribution is 8.00. The Labute approximate surface area is 173 Å². The molecule has 1 unspecified atom stereocenters. The number of carbonyl (C=O) groups excluding carboxylic acids is 2. The van der Waals surface area contributed by atoms with Crippen molar-refractivity contribution in [1.82, 2.24) is 5.32 Å². The van der Waals surface area contributed by atoms with E-state index in [9.17, 15) is 9.59 Å². The van der Waals surface area contributed by atoms with Crippen molar-refractivity contribution in [2.75, 3.05) is 25.0 Å². The predicted octanol–water partition coefficient (Wildman–Crippen LogP) is 2.36. The van der Waals surface area contributed by atoms with Crippen molar-refractivity contribution in [3.8, 4) is 0 Å². The Morgan fingerprint density at radius 2 is 1.93 bits per heavy atom. The maximum absolute atomic E-state index is 12.5. The first kappa shape index (κ1) is 19.3. The maximum Gasteiger partial charge on any atom is 0.294 e. The third kappa shape index (κ3) is 4.35. The summed E-state index contributed by atoms with van der Waals surface area (Å²) in [7, 11) is 0. The van der Waals surface area contributed by atoms with Crippen LogP contribution in [0.5, 0.6) is 0 Å². The SMILES string of the molecule is O=C(NCCc1ccc(Cl)cc1)c1ccc2c(c1)NC(=O)C([NH+]1CCCC1)S2. The van der Waals surface area contributed by atoms with E-state index in [1.165, 1.54) is 17.7 Å². The van der Waals surface area contributed by atoms with Gasteiger partial charge in [-0.1, -0.05) is 35.5 Å². The molecule has 1 atom stereocenters. The summed E-state index contributed by atoms with van der Waals surface area (Å²) in [5, 5.41) is 6.55. The maximum atomic E-state index is 12.5. The van der Waals surface area contributed by atoms with Crippen LogP contribution in [0, 0.1) is 0 Å². The number of anilines is 1. The number of thioether (sulfide) groups is 1. The number of rotatable bonds is 5. The van der Waals surface area contributed by atoms with Gasteiger partial charge in [-0.2, -0.15) is 0 Å². The minimum absolute atomic E-state index is 0.0368. The van der Waals surface area contributed by atoms with E-state index in [1.54, 1.807) is 17.8 Å². The Morgan fingerprint density at radius 3 is 2.68 bits per heavy atom. The standard InChI is InChI=1S/C21H22ClN3O2S/c22-16-6-3-14(4-7-16)9-10-23-19(26)15-5-8-18-17(13-15)24-20(27)21(28-18)25-11-1-2-12-25/h3-8,13,21H,1-2,9-12H2,(H,23,26)(H,24,27)/p+1. The van der Waals surface area contributed by atoms with Crippen LogP contribution in [0.2, 0.25) is 5.02 Å². The van der Waals surface area contributed by atoms with E-state index in [4.69, 9.17) is 11.6 Å². The van der Waals surface area contributed by atoms with Crippen LogP contribution in [0.1, 0.15) is 28.8 Å². The molecule has 2 amide bonds. The molecule has 0 bridgehead atoms. The second kappa shape index (κ2) is 8.55. The Kier molecular flexibility index (Phi) is 5.90. The summed E-state index contributed by atoms with van der Waals surface area (Å²) in [6.45, 7) is 2.64. The van der Waals surface area contributed by atoms with E-state index in [1.807, 2.05) is 36.4 Å². The van der Waals surface area contributed by atoms with Crippen LogP contribution in [0.3, 0.4) is 0 Å². The molecule has 0 saturated carbocycles. The molecule has 5 nitrogen and oxygen atoms in total. The van der Waals surface area contributed by atoms with Crippen LogP contribution < -0.4 is 15.5 Å². The van der Waals surface area contributed by atoms with Crippen LogP contribution in [-0.4, -0.2) is 36.8 Å².